The van der Waals surface area contributed by atoms with E-state index in [4.69, 9.17) is 5.73 Å². The first kappa shape index (κ1) is 15.7. The van der Waals surface area contributed by atoms with Crippen molar-refractivity contribution in [2.75, 3.05) is 12.8 Å². The van der Waals surface area contributed by atoms with Crippen LogP contribution in [0.15, 0.2) is 42.5 Å². The molecule has 0 heterocycles. The summed E-state index contributed by atoms with van der Waals surface area (Å²) in [7, 11) is 1.24. The standard InChI is InChI=1S/C15H12F3NO3/c1-21-14(20)10-5-6-12(13(19)8-10)9-3-2-4-11(7-9)22-15(16,17)18/h2-8H,19H2,1H3. The number of esters is 1. The van der Waals surface area contributed by atoms with Crippen molar-refractivity contribution in [2.24, 2.45) is 0 Å². The van der Waals surface area contributed by atoms with Gasteiger partial charge in [0.15, 0.2) is 0 Å². The van der Waals surface area contributed by atoms with Crippen molar-refractivity contribution < 1.29 is 27.4 Å². The Bertz CT molecular complexity index is 699. The van der Waals surface area contributed by atoms with E-state index < -0.39 is 12.3 Å². The fraction of sp³-hybridized carbons (Fsp3) is 0.133. The van der Waals surface area contributed by atoms with Crippen molar-refractivity contribution in [1.29, 1.82) is 0 Å². The van der Waals surface area contributed by atoms with E-state index in [1.54, 1.807) is 6.07 Å². The maximum Gasteiger partial charge on any atom is 0.573 e. The molecule has 0 spiro atoms. The zero-order valence-electron chi connectivity index (χ0n) is 11.5. The molecule has 0 aliphatic carbocycles. The molecule has 0 saturated carbocycles. The second-order valence-corrected chi connectivity index (χ2v) is 4.37. The number of anilines is 1. The molecule has 2 rings (SSSR count). The molecule has 2 aromatic rings. The highest BCUT2D eigenvalue weighted by atomic mass is 19.4. The van der Waals surface area contributed by atoms with Crippen LogP contribution in [0.5, 0.6) is 5.75 Å². The fourth-order valence-corrected chi connectivity index (χ4v) is 1.93. The van der Waals surface area contributed by atoms with Gasteiger partial charge in [0.1, 0.15) is 5.75 Å². The van der Waals surface area contributed by atoms with Crippen LogP contribution >= 0.6 is 0 Å². The Kier molecular flexibility index (Phi) is 4.25. The molecule has 2 N–H and O–H groups in total. The third-order valence-electron chi connectivity index (χ3n) is 2.85. The van der Waals surface area contributed by atoms with E-state index in [9.17, 15) is 18.0 Å². The first-order valence-electron chi connectivity index (χ1n) is 6.14. The molecule has 0 fully saturated rings. The van der Waals surface area contributed by atoms with E-state index >= 15 is 0 Å². The lowest BCUT2D eigenvalue weighted by Crippen LogP contribution is -2.17. The average molecular weight is 311 g/mol. The van der Waals surface area contributed by atoms with Gasteiger partial charge in [0.05, 0.1) is 12.7 Å². The summed E-state index contributed by atoms with van der Waals surface area (Å²) in [6.45, 7) is 0. The molecular formula is C15H12F3NO3. The molecule has 0 radical (unpaired) electrons. The molecule has 4 nitrogen and oxygen atoms in total. The Morgan fingerprint density at radius 3 is 2.45 bits per heavy atom. The minimum Gasteiger partial charge on any atom is -0.465 e. The van der Waals surface area contributed by atoms with Gasteiger partial charge in [-0.2, -0.15) is 0 Å². The number of benzene rings is 2. The lowest BCUT2D eigenvalue weighted by molar-refractivity contribution is -0.274. The van der Waals surface area contributed by atoms with Crippen LogP contribution in [-0.2, 0) is 4.74 Å². The van der Waals surface area contributed by atoms with Crippen molar-refractivity contribution in [3.05, 3.63) is 48.0 Å². The van der Waals surface area contributed by atoms with Gasteiger partial charge in [0, 0.05) is 11.3 Å². The number of carbonyl (C=O) groups excluding carboxylic acids is 1. The van der Waals surface area contributed by atoms with E-state index in [0.717, 1.165) is 0 Å². The SMILES string of the molecule is COC(=O)c1ccc(-c2cccc(OC(F)(F)F)c2)c(N)c1. The minimum absolute atomic E-state index is 0.243. The van der Waals surface area contributed by atoms with E-state index in [0.29, 0.717) is 11.1 Å². The van der Waals surface area contributed by atoms with Crippen LogP contribution in [0.1, 0.15) is 10.4 Å². The van der Waals surface area contributed by atoms with Gasteiger partial charge in [-0.05, 0) is 29.8 Å². The number of ether oxygens (including phenoxy) is 2. The van der Waals surface area contributed by atoms with E-state index in [1.807, 2.05) is 0 Å². The molecule has 0 bridgehead atoms. The van der Waals surface area contributed by atoms with Gasteiger partial charge in [-0.25, -0.2) is 4.79 Å². The van der Waals surface area contributed by atoms with Crippen LogP contribution in [0, 0.1) is 0 Å². The van der Waals surface area contributed by atoms with Gasteiger partial charge < -0.3 is 15.2 Å². The molecule has 0 amide bonds. The summed E-state index contributed by atoms with van der Waals surface area (Å²) in [5, 5.41) is 0. The van der Waals surface area contributed by atoms with Crippen LogP contribution in [0.3, 0.4) is 0 Å². The second kappa shape index (κ2) is 5.97. The summed E-state index contributed by atoms with van der Waals surface area (Å²) in [5.74, 6) is -0.895. The van der Waals surface area contributed by atoms with Gasteiger partial charge in [-0.1, -0.05) is 18.2 Å². The maximum absolute atomic E-state index is 12.2. The number of nitrogen functional groups attached to an aromatic ring is 1. The highest BCUT2D eigenvalue weighted by Gasteiger charge is 2.31. The topological polar surface area (TPSA) is 61.5 Å². The first-order chi connectivity index (χ1) is 10.3. The van der Waals surface area contributed by atoms with Crippen molar-refractivity contribution in [2.45, 2.75) is 6.36 Å². The van der Waals surface area contributed by atoms with Gasteiger partial charge in [-0.15, -0.1) is 13.2 Å². The molecule has 0 aromatic heterocycles. The number of halogens is 3. The Morgan fingerprint density at radius 2 is 1.86 bits per heavy atom. The lowest BCUT2D eigenvalue weighted by Gasteiger charge is -2.11. The number of alkyl halides is 3. The third kappa shape index (κ3) is 3.69. The monoisotopic (exact) mass is 311 g/mol. The minimum atomic E-state index is -4.76. The van der Waals surface area contributed by atoms with Crippen molar-refractivity contribution >= 4 is 11.7 Å². The predicted molar refractivity (Wildman–Crippen MR) is 74.3 cm³/mol. The number of hydrogen-bond acceptors (Lipinski definition) is 4. The molecule has 0 aliphatic heterocycles. The fourth-order valence-electron chi connectivity index (χ4n) is 1.93. The number of methoxy groups -OCH3 is 1. The Labute approximate surface area is 124 Å². The van der Waals surface area contributed by atoms with Crippen molar-refractivity contribution in [3.8, 4) is 16.9 Å². The number of nitrogens with two attached hydrogens (primary N) is 1. The maximum atomic E-state index is 12.2. The van der Waals surface area contributed by atoms with E-state index in [1.165, 1.54) is 43.5 Å². The zero-order chi connectivity index (χ0) is 16.3. The molecule has 0 aliphatic rings. The van der Waals surface area contributed by atoms with Crippen LogP contribution in [0.4, 0.5) is 18.9 Å². The largest absolute Gasteiger partial charge is 0.573 e. The molecule has 22 heavy (non-hydrogen) atoms. The molecule has 2 aromatic carbocycles. The Balaban J connectivity index is 2.36. The van der Waals surface area contributed by atoms with E-state index in [2.05, 4.69) is 9.47 Å². The molecule has 7 heteroatoms. The number of rotatable bonds is 3. The van der Waals surface area contributed by atoms with E-state index in [-0.39, 0.29) is 17.0 Å². The van der Waals surface area contributed by atoms with Gasteiger partial charge in [-0.3, -0.25) is 0 Å². The lowest BCUT2D eigenvalue weighted by atomic mass is 10.0. The summed E-state index contributed by atoms with van der Waals surface area (Å²) >= 11 is 0. The molecule has 0 saturated heterocycles. The average Bonchev–Trinajstić information content (AvgIpc) is 2.44. The van der Waals surface area contributed by atoms with Gasteiger partial charge in [0.2, 0.25) is 0 Å². The first-order valence-corrected chi connectivity index (χ1v) is 6.14. The third-order valence-corrected chi connectivity index (χ3v) is 2.85. The highest BCUT2D eigenvalue weighted by Crippen LogP contribution is 2.31. The summed E-state index contributed by atoms with van der Waals surface area (Å²) in [6, 6.07) is 9.84. The normalized spacial score (nSPS) is 11.1. The summed E-state index contributed by atoms with van der Waals surface area (Å²) in [5.41, 5.74) is 7.28. The molecule has 116 valence electrons. The van der Waals surface area contributed by atoms with Crippen LogP contribution < -0.4 is 10.5 Å². The highest BCUT2D eigenvalue weighted by molar-refractivity contribution is 5.92. The Hall–Kier alpha value is -2.70. The molecular weight excluding hydrogens is 299 g/mol. The number of carbonyl (C=O) groups is 1. The second-order valence-electron chi connectivity index (χ2n) is 4.37. The summed E-state index contributed by atoms with van der Waals surface area (Å²) in [6.07, 6.45) is -4.76. The zero-order valence-corrected chi connectivity index (χ0v) is 11.5. The summed E-state index contributed by atoms with van der Waals surface area (Å²) in [4.78, 5) is 11.4. The van der Waals surface area contributed by atoms with Gasteiger partial charge in [0.25, 0.3) is 0 Å². The van der Waals surface area contributed by atoms with Crippen molar-refractivity contribution in [3.63, 3.8) is 0 Å². The van der Waals surface area contributed by atoms with Crippen molar-refractivity contribution in [1.82, 2.24) is 0 Å². The van der Waals surface area contributed by atoms with Crippen LogP contribution in [0.2, 0.25) is 0 Å². The van der Waals surface area contributed by atoms with Gasteiger partial charge >= 0.3 is 12.3 Å². The predicted octanol–water partition coefficient (Wildman–Crippen LogP) is 3.62. The van der Waals surface area contributed by atoms with Crippen LogP contribution in [-0.4, -0.2) is 19.4 Å². The Morgan fingerprint density at radius 1 is 1.14 bits per heavy atom. The molecule has 0 atom stereocenters. The summed E-state index contributed by atoms with van der Waals surface area (Å²) < 4.78 is 45.2. The number of hydrogen-bond donors (Lipinski definition) is 1. The molecule has 0 unspecified atom stereocenters. The quantitative estimate of drug-likeness (QED) is 0.694. The van der Waals surface area contributed by atoms with Crippen LogP contribution in [0.25, 0.3) is 11.1 Å². The smallest absolute Gasteiger partial charge is 0.465 e.